The Labute approximate surface area is 132 Å². The molecule has 2 aromatic rings. The normalized spacial score (nSPS) is 27.4. The van der Waals surface area contributed by atoms with Crippen molar-refractivity contribution in [2.45, 2.75) is 37.2 Å². The van der Waals surface area contributed by atoms with Crippen molar-refractivity contribution < 1.29 is 24.2 Å². The van der Waals surface area contributed by atoms with Gasteiger partial charge in [0.1, 0.15) is 30.3 Å². The second-order valence-electron chi connectivity index (χ2n) is 5.48. The summed E-state index contributed by atoms with van der Waals surface area (Å²) in [5, 5.41) is 23.2. The molecular weight excluding hydrogens is 300 g/mol. The van der Waals surface area contributed by atoms with Crippen LogP contribution in [0.4, 0.5) is 0 Å². The third-order valence-corrected chi connectivity index (χ3v) is 3.92. The first-order valence-electron chi connectivity index (χ1n) is 7.42. The molecule has 1 aromatic carbocycles. The van der Waals surface area contributed by atoms with Crippen LogP contribution in [0, 0.1) is 0 Å². The predicted octanol–water partition coefficient (Wildman–Crippen LogP) is 0.736. The first-order valence-corrected chi connectivity index (χ1v) is 7.42. The Morgan fingerprint density at radius 2 is 2.00 bits per heavy atom. The maximum Gasteiger partial charge on any atom is 0.273 e. The van der Waals surface area contributed by atoms with Gasteiger partial charge in [0.15, 0.2) is 12.1 Å². The third kappa shape index (κ3) is 3.52. The van der Waals surface area contributed by atoms with Crippen molar-refractivity contribution in [3.05, 3.63) is 48.7 Å². The highest BCUT2D eigenvalue weighted by molar-refractivity contribution is 5.92. The van der Waals surface area contributed by atoms with E-state index in [1.807, 2.05) is 18.2 Å². The third-order valence-electron chi connectivity index (χ3n) is 3.92. The number of aliphatic hydroxyl groups excluding tert-OH is 2. The van der Waals surface area contributed by atoms with Gasteiger partial charge in [-0.25, -0.2) is 4.98 Å². The molecule has 3 N–H and O–H groups in total. The summed E-state index contributed by atoms with van der Waals surface area (Å²) < 4.78 is 10.5. The number of aromatic nitrogens is 1. The number of hydrogen-bond donors (Lipinski definition) is 3. The van der Waals surface area contributed by atoms with Crippen LogP contribution in [0.15, 0.2) is 47.4 Å². The molecule has 0 saturated heterocycles. The number of nitrogens with zero attached hydrogens (tertiary/aromatic N) is 1. The summed E-state index contributed by atoms with van der Waals surface area (Å²) in [4.78, 5) is 15.7. The van der Waals surface area contributed by atoms with Gasteiger partial charge >= 0.3 is 0 Å². The quantitative estimate of drug-likeness (QED) is 0.768. The highest BCUT2D eigenvalue weighted by Gasteiger charge is 2.39. The van der Waals surface area contributed by atoms with E-state index in [0.717, 1.165) is 6.39 Å². The molecule has 4 atom stereocenters. The van der Waals surface area contributed by atoms with E-state index >= 15 is 0 Å². The fraction of sp³-hybridized carbons (Fsp3) is 0.375. The fourth-order valence-corrected chi connectivity index (χ4v) is 2.67. The highest BCUT2D eigenvalue weighted by atomic mass is 16.5. The van der Waals surface area contributed by atoms with E-state index in [2.05, 4.69) is 10.3 Å². The lowest BCUT2D eigenvalue weighted by Crippen LogP contribution is -2.57. The van der Waals surface area contributed by atoms with Gasteiger partial charge in [-0.1, -0.05) is 18.2 Å². The smallest absolute Gasteiger partial charge is 0.273 e. The Kier molecular flexibility index (Phi) is 4.59. The van der Waals surface area contributed by atoms with E-state index < -0.39 is 30.3 Å². The monoisotopic (exact) mass is 318 g/mol. The Balaban J connectivity index is 1.60. The number of carbonyl (C=O) groups excluding carboxylic acids is 1. The Hall–Kier alpha value is -2.38. The number of ether oxygens (including phenoxy) is 1. The van der Waals surface area contributed by atoms with Crippen molar-refractivity contribution in [1.29, 1.82) is 0 Å². The second kappa shape index (κ2) is 6.80. The van der Waals surface area contributed by atoms with Crippen LogP contribution < -0.4 is 10.1 Å². The van der Waals surface area contributed by atoms with E-state index in [9.17, 15) is 15.0 Å². The molecule has 1 fully saturated rings. The van der Waals surface area contributed by atoms with E-state index in [0.29, 0.717) is 18.6 Å². The maximum absolute atomic E-state index is 11.9. The van der Waals surface area contributed by atoms with Gasteiger partial charge in [-0.15, -0.1) is 0 Å². The predicted molar refractivity (Wildman–Crippen MR) is 79.9 cm³/mol. The molecule has 0 aliphatic heterocycles. The zero-order chi connectivity index (χ0) is 16.2. The maximum atomic E-state index is 11.9. The minimum absolute atomic E-state index is 0.134. The number of hydrogen-bond acceptors (Lipinski definition) is 6. The molecular formula is C16H18N2O5. The molecule has 1 aliphatic carbocycles. The number of benzene rings is 1. The van der Waals surface area contributed by atoms with Crippen LogP contribution in [0.5, 0.6) is 5.75 Å². The van der Waals surface area contributed by atoms with Gasteiger partial charge in [-0.3, -0.25) is 4.79 Å². The van der Waals surface area contributed by atoms with Gasteiger partial charge in [0.25, 0.3) is 5.91 Å². The average Bonchev–Trinajstić information content (AvgIpc) is 3.10. The number of nitrogens with one attached hydrogen (secondary N) is 1. The van der Waals surface area contributed by atoms with Crippen molar-refractivity contribution >= 4 is 5.91 Å². The Morgan fingerprint density at radius 1 is 1.22 bits per heavy atom. The van der Waals surface area contributed by atoms with Crippen molar-refractivity contribution in [3.63, 3.8) is 0 Å². The fourth-order valence-electron chi connectivity index (χ4n) is 2.67. The van der Waals surface area contributed by atoms with Crippen LogP contribution in [0.25, 0.3) is 0 Å². The van der Waals surface area contributed by atoms with Crippen molar-refractivity contribution in [2.24, 2.45) is 0 Å². The summed E-state index contributed by atoms with van der Waals surface area (Å²) in [6.45, 7) is 0. The topological polar surface area (TPSA) is 105 Å². The molecule has 7 nitrogen and oxygen atoms in total. The summed E-state index contributed by atoms with van der Waals surface area (Å²) in [7, 11) is 0. The van der Waals surface area contributed by atoms with Crippen molar-refractivity contribution in [3.8, 4) is 5.75 Å². The molecule has 0 bridgehead atoms. The number of carbonyl (C=O) groups is 1. The average molecular weight is 318 g/mol. The molecule has 1 amide bonds. The molecule has 0 unspecified atom stereocenters. The summed E-state index contributed by atoms with van der Waals surface area (Å²) in [5.74, 6) is 0.186. The lowest BCUT2D eigenvalue weighted by Gasteiger charge is -2.37. The van der Waals surface area contributed by atoms with E-state index in [-0.39, 0.29) is 5.69 Å². The summed E-state index contributed by atoms with van der Waals surface area (Å²) in [6, 6.07) is 8.55. The molecule has 122 valence electrons. The minimum Gasteiger partial charge on any atom is -0.488 e. The van der Waals surface area contributed by atoms with Crippen molar-refractivity contribution in [1.82, 2.24) is 10.3 Å². The zero-order valence-electron chi connectivity index (χ0n) is 12.3. The molecule has 3 rings (SSSR count). The van der Waals surface area contributed by atoms with E-state index in [1.165, 1.54) is 6.26 Å². The number of oxazole rings is 1. The lowest BCUT2D eigenvalue weighted by atomic mass is 9.87. The van der Waals surface area contributed by atoms with E-state index in [4.69, 9.17) is 9.15 Å². The summed E-state index contributed by atoms with van der Waals surface area (Å²) in [6.07, 6.45) is 0.649. The van der Waals surface area contributed by atoms with E-state index in [1.54, 1.807) is 12.1 Å². The van der Waals surface area contributed by atoms with Crippen LogP contribution >= 0.6 is 0 Å². The molecule has 23 heavy (non-hydrogen) atoms. The van der Waals surface area contributed by atoms with Gasteiger partial charge < -0.3 is 24.7 Å². The minimum atomic E-state index is -1.12. The molecule has 0 radical (unpaired) electrons. The first-order chi connectivity index (χ1) is 11.1. The van der Waals surface area contributed by atoms with Crippen LogP contribution in [0.2, 0.25) is 0 Å². The van der Waals surface area contributed by atoms with Gasteiger partial charge in [-0.05, 0) is 25.0 Å². The molecule has 1 aliphatic rings. The molecule has 7 heteroatoms. The SMILES string of the molecule is O=C(N[C@@H]1CC[C@@H](Oc2ccccc2)[C@@H](O)[C@@H]1O)c1cocn1. The number of amides is 1. The van der Waals surface area contributed by atoms with Crippen LogP contribution in [0.3, 0.4) is 0 Å². The summed E-state index contributed by atoms with van der Waals surface area (Å²) >= 11 is 0. The number of aliphatic hydroxyl groups is 2. The van der Waals surface area contributed by atoms with Crippen LogP contribution in [0.1, 0.15) is 23.3 Å². The Morgan fingerprint density at radius 3 is 2.70 bits per heavy atom. The van der Waals surface area contributed by atoms with Gasteiger partial charge in [0.2, 0.25) is 0 Å². The second-order valence-corrected chi connectivity index (χ2v) is 5.48. The Bertz CT molecular complexity index is 631. The summed E-state index contributed by atoms with van der Waals surface area (Å²) in [5.41, 5.74) is 0.134. The van der Waals surface area contributed by atoms with Crippen LogP contribution in [-0.2, 0) is 0 Å². The lowest BCUT2D eigenvalue weighted by molar-refractivity contribution is -0.0874. The highest BCUT2D eigenvalue weighted by Crippen LogP contribution is 2.25. The number of para-hydroxylation sites is 1. The molecule has 1 heterocycles. The molecule has 1 saturated carbocycles. The molecule has 1 aromatic heterocycles. The first kappa shape index (κ1) is 15.5. The van der Waals surface area contributed by atoms with Crippen LogP contribution in [-0.4, -0.2) is 45.5 Å². The van der Waals surface area contributed by atoms with Gasteiger partial charge in [-0.2, -0.15) is 0 Å². The standard InChI is InChI=1S/C16H18N2O5/c19-14-11(18-16(21)12-8-22-9-17-12)6-7-13(15(14)20)23-10-4-2-1-3-5-10/h1-5,8-9,11,13-15,19-20H,6-7H2,(H,18,21)/t11-,13-,14-,15-/m1/s1. The molecule has 0 spiro atoms. The number of rotatable bonds is 4. The van der Waals surface area contributed by atoms with Gasteiger partial charge in [0, 0.05) is 0 Å². The van der Waals surface area contributed by atoms with Gasteiger partial charge in [0.05, 0.1) is 6.04 Å². The van der Waals surface area contributed by atoms with Crippen molar-refractivity contribution in [2.75, 3.05) is 0 Å². The largest absolute Gasteiger partial charge is 0.488 e. The zero-order valence-corrected chi connectivity index (χ0v) is 12.3.